The maximum Gasteiger partial charge on any atom is 0.276 e. The Morgan fingerprint density at radius 3 is 1.93 bits per heavy atom. The van der Waals surface area contributed by atoms with Crippen molar-refractivity contribution in [3.8, 4) is 5.75 Å². The first-order valence-electron chi connectivity index (χ1n) is 9.61. The van der Waals surface area contributed by atoms with E-state index in [1.54, 1.807) is 60.6 Å². The van der Waals surface area contributed by atoms with Crippen molar-refractivity contribution in [2.75, 3.05) is 7.11 Å². The predicted molar refractivity (Wildman–Crippen MR) is 109 cm³/mol. The topological polar surface area (TPSA) is 66.7 Å². The molecule has 1 saturated heterocycles. The lowest BCUT2D eigenvalue weighted by atomic mass is 10.0. The minimum Gasteiger partial charge on any atom is -0.497 e. The zero-order chi connectivity index (χ0) is 20.8. The van der Waals surface area contributed by atoms with Crippen molar-refractivity contribution in [2.45, 2.75) is 12.1 Å². The van der Waals surface area contributed by atoms with Crippen molar-refractivity contribution in [2.24, 2.45) is 0 Å². The number of hydrogen-bond donors (Lipinski definition) is 0. The smallest absolute Gasteiger partial charge is 0.276 e. The molecule has 3 aromatic carbocycles. The molecular formula is C24H18N2O4. The highest BCUT2D eigenvalue weighted by atomic mass is 16.5. The van der Waals surface area contributed by atoms with Gasteiger partial charge >= 0.3 is 0 Å². The molecule has 3 aromatic rings. The number of nitrogens with zero attached hydrogens (tertiary/aromatic N) is 2. The van der Waals surface area contributed by atoms with E-state index in [1.807, 2.05) is 30.3 Å². The first-order valence-corrected chi connectivity index (χ1v) is 9.61. The molecule has 0 aromatic heterocycles. The summed E-state index contributed by atoms with van der Waals surface area (Å²) in [6.45, 7) is 0. The maximum absolute atomic E-state index is 13.3. The van der Waals surface area contributed by atoms with Gasteiger partial charge in [0, 0.05) is 5.56 Å². The summed E-state index contributed by atoms with van der Waals surface area (Å²) in [6.07, 6.45) is 0. The van der Waals surface area contributed by atoms with Crippen molar-refractivity contribution in [1.82, 2.24) is 10.0 Å². The number of methoxy groups -OCH3 is 1. The molecule has 5 rings (SSSR count). The van der Waals surface area contributed by atoms with Gasteiger partial charge in [-0.3, -0.25) is 14.4 Å². The number of hydrazine groups is 1. The number of fused-ring (bicyclic) bond motifs is 1. The molecule has 0 spiro atoms. The van der Waals surface area contributed by atoms with E-state index in [0.717, 1.165) is 10.6 Å². The highest BCUT2D eigenvalue weighted by molar-refractivity contribution is 6.21. The fraction of sp³-hybridized carbons (Fsp3) is 0.125. The third-order valence-electron chi connectivity index (χ3n) is 5.57. The summed E-state index contributed by atoms with van der Waals surface area (Å²) in [5, 5.41) is 2.71. The van der Waals surface area contributed by atoms with Crippen LogP contribution in [0.2, 0.25) is 0 Å². The molecule has 2 heterocycles. The Hall–Kier alpha value is -3.77. The van der Waals surface area contributed by atoms with Crippen LogP contribution >= 0.6 is 0 Å². The van der Waals surface area contributed by atoms with Crippen LogP contribution in [0.25, 0.3) is 0 Å². The average molecular weight is 398 g/mol. The van der Waals surface area contributed by atoms with Crippen LogP contribution in [0.1, 0.15) is 42.7 Å². The lowest BCUT2D eigenvalue weighted by Crippen LogP contribution is -2.37. The lowest BCUT2D eigenvalue weighted by molar-refractivity contribution is 0.0342. The molecule has 0 radical (unpaired) electrons. The van der Waals surface area contributed by atoms with Gasteiger partial charge in [-0.05, 0) is 42.0 Å². The molecule has 1 fully saturated rings. The summed E-state index contributed by atoms with van der Waals surface area (Å²) in [4.78, 5) is 39.3. The van der Waals surface area contributed by atoms with E-state index in [-0.39, 0.29) is 11.8 Å². The normalized spacial score (nSPS) is 22.0. The van der Waals surface area contributed by atoms with Crippen LogP contribution < -0.4 is 4.74 Å². The van der Waals surface area contributed by atoms with Gasteiger partial charge in [0.25, 0.3) is 11.8 Å². The molecule has 1 unspecified atom stereocenters. The van der Waals surface area contributed by atoms with Gasteiger partial charge in [0.1, 0.15) is 11.8 Å². The van der Waals surface area contributed by atoms with E-state index in [4.69, 9.17) is 4.74 Å². The third-order valence-corrected chi connectivity index (χ3v) is 5.57. The van der Waals surface area contributed by atoms with Crippen LogP contribution in [0.15, 0.2) is 78.9 Å². The average Bonchev–Trinajstić information content (AvgIpc) is 3.48. The first-order chi connectivity index (χ1) is 14.6. The highest BCUT2D eigenvalue weighted by Crippen LogP contribution is 2.48. The Balaban J connectivity index is 1.52. The van der Waals surface area contributed by atoms with Crippen LogP contribution in [0.4, 0.5) is 0 Å². The predicted octanol–water partition coefficient (Wildman–Crippen LogP) is 3.51. The van der Waals surface area contributed by atoms with Gasteiger partial charge in [-0.1, -0.05) is 42.5 Å². The number of hydrogen-bond acceptors (Lipinski definition) is 5. The SMILES string of the molecule is COc1ccc(C(=O)[C@@H]2[C@@H](c3ccccc3)N2N2C(=O)c3ccccc3C2=O)cc1. The van der Waals surface area contributed by atoms with Gasteiger partial charge in [-0.15, -0.1) is 0 Å². The van der Waals surface area contributed by atoms with Crippen molar-refractivity contribution in [3.63, 3.8) is 0 Å². The summed E-state index contributed by atoms with van der Waals surface area (Å²) in [5.41, 5.74) is 2.09. The van der Waals surface area contributed by atoms with E-state index in [2.05, 4.69) is 0 Å². The maximum atomic E-state index is 13.3. The second-order valence-corrected chi connectivity index (χ2v) is 7.24. The number of ketones is 1. The number of Topliss-reactive ketones (excluding diaryl/α,β-unsaturated/α-hetero) is 1. The van der Waals surface area contributed by atoms with E-state index in [9.17, 15) is 14.4 Å². The number of imide groups is 1. The zero-order valence-electron chi connectivity index (χ0n) is 16.2. The fourth-order valence-corrected chi connectivity index (χ4v) is 4.03. The Morgan fingerprint density at radius 1 is 0.800 bits per heavy atom. The number of amides is 2. The van der Waals surface area contributed by atoms with Crippen molar-refractivity contribution >= 4 is 17.6 Å². The molecule has 2 amide bonds. The molecule has 2 aliphatic rings. The van der Waals surface area contributed by atoms with Gasteiger partial charge in [-0.2, -0.15) is 5.01 Å². The zero-order valence-corrected chi connectivity index (χ0v) is 16.2. The number of benzene rings is 3. The number of carbonyl (C=O) groups is 3. The molecule has 3 atom stereocenters. The number of rotatable bonds is 5. The molecule has 0 saturated carbocycles. The second kappa shape index (κ2) is 6.93. The Kier molecular flexibility index (Phi) is 4.22. The van der Waals surface area contributed by atoms with E-state index in [0.29, 0.717) is 22.4 Å². The Labute approximate surface area is 173 Å². The molecule has 0 bridgehead atoms. The van der Waals surface area contributed by atoms with Gasteiger partial charge < -0.3 is 4.74 Å². The van der Waals surface area contributed by atoms with Crippen LogP contribution in [0.3, 0.4) is 0 Å². The molecular weight excluding hydrogens is 380 g/mol. The van der Waals surface area contributed by atoms with Crippen molar-refractivity contribution in [3.05, 3.63) is 101 Å². The van der Waals surface area contributed by atoms with Crippen molar-refractivity contribution in [1.29, 1.82) is 0 Å². The molecule has 2 aliphatic heterocycles. The first kappa shape index (κ1) is 18.3. The monoisotopic (exact) mass is 398 g/mol. The largest absolute Gasteiger partial charge is 0.497 e. The van der Waals surface area contributed by atoms with Gasteiger partial charge in [-0.25, -0.2) is 5.01 Å². The molecule has 0 N–H and O–H groups in total. The number of carbonyl (C=O) groups excluding carboxylic acids is 3. The third kappa shape index (κ3) is 2.73. The van der Waals surface area contributed by atoms with E-state index < -0.39 is 17.9 Å². The summed E-state index contributed by atoms with van der Waals surface area (Å²) in [5.74, 6) is -0.301. The van der Waals surface area contributed by atoms with Crippen LogP contribution in [-0.2, 0) is 0 Å². The minimum absolute atomic E-state index is 0.150. The number of ether oxygens (including phenoxy) is 1. The van der Waals surface area contributed by atoms with Gasteiger partial charge in [0.2, 0.25) is 0 Å². The molecule has 6 nitrogen and oxygen atoms in total. The molecule has 30 heavy (non-hydrogen) atoms. The second-order valence-electron chi connectivity index (χ2n) is 7.24. The standard InChI is InChI=1S/C24H18N2O4/c1-30-17-13-11-16(12-14-17)22(27)21-20(15-7-3-2-4-8-15)25(21)26-23(28)18-9-5-6-10-19(18)24(26)29/h2-14,20-21H,1H3/t20-,21+,25?/m1/s1. The fourth-order valence-electron chi connectivity index (χ4n) is 4.03. The van der Waals surface area contributed by atoms with Crippen molar-refractivity contribution < 1.29 is 19.1 Å². The van der Waals surface area contributed by atoms with Gasteiger partial charge in [0.05, 0.1) is 24.3 Å². The highest BCUT2D eigenvalue weighted by Gasteiger charge is 2.60. The Bertz CT molecular complexity index is 1120. The van der Waals surface area contributed by atoms with E-state index in [1.165, 1.54) is 0 Å². The quantitative estimate of drug-likeness (QED) is 0.374. The summed E-state index contributed by atoms with van der Waals surface area (Å²) < 4.78 is 5.16. The van der Waals surface area contributed by atoms with Crippen LogP contribution in [0, 0.1) is 0 Å². The molecule has 148 valence electrons. The molecule has 0 aliphatic carbocycles. The summed E-state index contributed by atoms with van der Waals surface area (Å²) >= 11 is 0. The summed E-state index contributed by atoms with van der Waals surface area (Å²) in [7, 11) is 1.56. The molecule has 6 heteroatoms. The van der Waals surface area contributed by atoms with Crippen LogP contribution in [-0.4, -0.2) is 40.8 Å². The van der Waals surface area contributed by atoms with Gasteiger partial charge in [0.15, 0.2) is 5.78 Å². The van der Waals surface area contributed by atoms with Crippen LogP contribution in [0.5, 0.6) is 5.75 Å². The van der Waals surface area contributed by atoms with E-state index >= 15 is 0 Å². The lowest BCUT2D eigenvalue weighted by Gasteiger charge is -2.16. The minimum atomic E-state index is -0.636. The Morgan fingerprint density at radius 2 is 1.37 bits per heavy atom. The summed E-state index contributed by atoms with van der Waals surface area (Å²) in [6, 6.07) is 22.0.